The molecule has 184 valence electrons. The minimum absolute atomic E-state index is 0.183. The molecule has 0 radical (unpaired) electrons. The molecule has 0 spiro atoms. The van der Waals surface area contributed by atoms with E-state index in [1.165, 1.54) is 0 Å². The first-order valence-corrected chi connectivity index (χ1v) is 11.6. The standard InChI is InChI=1S/C24H34N6O4/c1-4-12-34-14-11-30-21-15-19(18-6-7-22(33-3)28-16-18)27-17-20(21)29-23(24(30)31)26-10-9-25-8-5-13-32-2/h6-7,15-17,25H,4-5,8-14H2,1-3H3,(H,26,29). The van der Waals surface area contributed by atoms with E-state index in [1.807, 2.05) is 12.1 Å². The molecule has 0 atom stereocenters. The fraction of sp³-hybridized carbons (Fsp3) is 0.500. The van der Waals surface area contributed by atoms with Crippen LogP contribution < -0.4 is 20.9 Å². The number of hydrogen-bond donors (Lipinski definition) is 2. The molecule has 0 aliphatic carbocycles. The molecule has 2 N–H and O–H groups in total. The minimum atomic E-state index is -0.183. The fourth-order valence-electron chi connectivity index (χ4n) is 3.43. The summed E-state index contributed by atoms with van der Waals surface area (Å²) >= 11 is 0. The summed E-state index contributed by atoms with van der Waals surface area (Å²) in [6.07, 6.45) is 5.25. The van der Waals surface area contributed by atoms with Gasteiger partial charge < -0.3 is 29.4 Å². The Hall–Kier alpha value is -3.08. The smallest absolute Gasteiger partial charge is 0.293 e. The molecule has 3 aromatic heterocycles. The number of nitrogens with one attached hydrogen (secondary N) is 2. The highest BCUT2D eigenvalue weighted by Crippen LogP contribution is 2.22. The highest BCUT2D eigenvalue weighted by Gasteiger charge is 2.13. The number of aromatic nitrogens is 4. The second-order valence-electron chi connectivity index (χ2n) is 7.70. The molecule has 0 aliphatic rings. The Labute approximate surface area is 199 Å². The first-order chi connectivity index (χ1) is 16.7. The molecule has 3 rings (SSSR count). The predicted octanol–water partition coefficient (Wildman–Crippen LogP) is 2.33. The van der Waals surface area contributed by atoms with Crippen LogP contribution in [-0.2, 0) is 16.0 Å². The van der Waals surface area contributed by atoms with Crippen molar-refractivity contribution in [3.8, 4) is 17.1 Å². The molecule has 34 heavy (non-hydrogen) atoms. The van der Waals surface area contributed by atoms with Gasteiger partial charge in [0, 0.05) is 57.8 Å². The van der Waals surface area contributed by atoms with Crippen LogP contribution in [0.3, 0.4) is 0 Å². The lowest BCUT2D eigenvalue weighted by molar-refractivity contribution is 0.127. The van der Waals surface area contributed by atoms with Gasteiger partial charge in [-0.2, -0.15) is 0 Å². The summed E-state index contributed by atoms with van der Waals surface area (Å²) in [6.45, 7) is 6.44. The van der Waals surface area contributed by atoms with Crippen LogP contribution in [-0.4, -0.2) is 73.2 Å². The Bertz CT molecular complexity index is 1090. The second kappa shape index (κ2) is 13.6. The van der Waals surface area contributed by atoms with E-state index in [1.54, 1.807) is 37.2 Å². The van der Waals surface area contributed by atoms with Crippen molar-refractivity contribution in [2.45, 2.75) is 26.3 Å². The summed E-state index contributed by atoms with van der Waals surface area (Å²) in [5, 5.41) is 6.48. The summed E-state index contributed by atoms with van der Waals surface area (Å²) in [4.78, 5) is 26.6. The highest BCUT2D eigenvalue weighted by molar-refractivity contribution is 5.80. The maximum atomic E-state index is 13.3. The van der Waals surface area contributed by atoms with Gasteiger partial charge in [0.05, 0.1) is 31.1 Å². The number of methoxy groups -OCH3 is 2. The summed E-state index contributed by atoms with van der Waals surface area (Å²) in [6, 6.07) is 5.53. The predicted molar refractivity (Wildman–Crippen MR) is 133 cm³/mol. The van der Waals surface area contributed by atoms with E-state index >= 15 is 0 Å². The van der Waals surface area contributed by atoms with Crippen LogP contribution in [0.2, 0.25) is 0 Å². The van der Waals surface area contributed by atoms with Crippen LogP contribution >= 0.6 is 0 Å². The summed E-state index contributed by atoms with van der Waals surface area (Å²) < 4.78 is 17.5. The fourth-order valence-corrected chi connectivity index (χ4v) is 3.43. The number of anilines is 1. The van der Waals surface area contributed by atoms with E-state index in [-0.39, 0.29) is 5.56 Å². The minimum Gasteiger partial charge on any atom is -0.481 e. The molecule has 0 bridgehead atoms. The summed E-state index contributed by atoms with van der Waals surface area (Å²) in [5.41, 5.74) is 2.68. The van der Waals surface area contributed by atoms with E-state index in [4.69, 9.17) is 14.2 Å². The zero-order valence-corrected chi connectivity index (χ0v) is 20.2. The Morgan fingerprint density at radius 2 is 1.91 bits per heavy atom. The molecule has 10 nitrogen and oxygen atoms in total. The van der Waals surface area contributed by atoms with E-state index in [2.05, 4.69) is 32.5 Å². The van der Waals surface area contributed by atoms with Gasteiger partial charge in [-0.1, -0.05) is 6.92 Å². The van der Waals surface area contributed by atoms with Crippen molar-refractivity contribution < 1.29 is 14.2 Å². The molecule has 3 aromatic rings. The molecule has 0 fully saturated rings. The van der Waals surface area contributed by atoms with Crippen molar-refractivity contribution in [1.82, 2.24) is 24.8 Å². The second-order valence-corrected chi connectivity index (χ2v) is 7.70. The van der Waals surface area contributed by atoms with Crippen molar-refractivity contribution in [1.29, 1.82) is 0 Å². The molecular formula is C24H34N6O4. The van der Waals surface area contributed by atoms with Crippen LogP contribution in [0.15, 0.2) is 35.4 Å². The Morgan fingerprint density at radius 3 is 2.65 bits per heavy atom. The van der Waals surface area contributed by atoms with Crippen molar-refractivity contribution in [2.75, 3.05) is 59.0 Å². The normalized spacial score (nSPS) is 11.1. The number of rotatable bonds is 15. The van der Waals surface area contributed by atoms with Crippen molar-refractivity contribution in [3.63, 3.8) is 0 Å². The lowest BCUT2D eigenvalue weighted by Crippen LogP contribution is -2.30. The zero-order chi connectivity index (χ0) is 24.2. The third kappa shape index (κ3) is 6.96. The van der Waals surface area contributed by atoms with Crippen LogP contribution in [0.4, 0.5) is 5.82 Å². The van der Waals surface area contributed by atoms with Gasteiger partial charge in [-0.25, -0.2) is 9.97 Å². The number of ether oxygens (including phenoxy) is 3. The molecular weight excluding hydrogens is 436 g/mol. The van der Waals surface area contributed by atoms with Crippen molar-refractivity contribution >= 4 is 16.9 Å². The first kappa shape index (κ1) is 25.5. The van der Waals surface area contributed by atoms with Gasteiger partial charge in [0.15, 0.2) is 5.82 Å². The average molecular weight is 471 g/mol. The molecule has 0 aromatic carbocycles. The molecule has 0 aliphatic heterocycles. The summed E-state index contributed by atoms with van der Waals surface area (Å²) in [7, 11) is 3.27. The van der Waals surface area contributed by atoms with E-state index in [9.17, 15) is 4.79 Å². The highest BCUT2D eigenvalue weighted by atomic mass is 16.5. The Kier molecular flexibility index (Phi) is 10.2. The molecule has 3 heterocycles. The molecule has 10 heteroatoms. The van der Waals surface area contributed by atoms with Crippen molar-refractivity contribution in [3.05, 3.63) is 40.9 Å². The third-order valence-electron chi connectivity index (χ3n) is 5.18. The quantitative estimate of drug-likeness (QED) is 0.323. The lowest BCUT2D eigenvalue weighted by Gasteiger charge is -2.14. The maximum absolute atomic E-state index is 13.3. The van der Waals surface area contributed by atoms with Crippen LogP contribution in [0, 0.1) is 0 Å². The maximum Gasteiger partial charge on any atom is 0.293 e. The molecule has 0 unspecified atom stereocenters. The largest absolute Gasteiger partial charge is 0.481 e. The van der Waals surface area contributed by atoms with Gasteiger partial charge >= 0.3 is 0 Å². The van der Waals surface area contributed by atoms with E-state index in [0.717, 1.165) is 31.6 Å². The number of nitrogens with zero attached hydrogens (tertiary/aromatic N) is 4. The number of pyridine rings is 2. The van der Waals surface area contributed by atoms with Crippen molar-refractivity contribution in [2.24, 2.45) is 0 Å². The van der Waals surface area contributed by atoms with Gasteiger partial charge in [0.1, 0.15) is 5.52 Å². The topological polar surface area (TPSA) is 112 Å². The van der Waals surface area contributed by atoms with Gasteiger partial charge in [-0.3, -0.25) is 9.78 Å². The molecule has 0 amide bonds. The zero-order valence-electron chi connectivity index (χ0n) is 20.2. The van der Waals surface area contributed by atoms with E-state index < -0.39 is 0 Å². The average Bonchev–Trinajstić information content (AvgIpc) is 2.87. The molecule has 0 saturated heterocycles. The van der Waals surface area contributed by atoms with Gasteiger partial charge in [0.2, 0.25) is 5.88 Å². The van der Waals surface area contributed by atoms with Crippen LogP contribution in [0.5, 0.6) is 5.88 Å². The van der Waals surface area contributed by atoms with Gasteiger partial charge in [-0.05, 0) is 31.5 Å². The third-order valence-corrected chi connectivity index (χ3v) is 5.18. The van der Waals surface area contributed by atoms with E-state index in [0.29, 0.717) is 61.3 Å². The number of fused-ring (bicyclic) bond motifs is 1. The lowest BCUT2D eigenvalue weighted by atomic mass is 10.2. The SMILES string of the molecule is CCCOCCn1c(=O)c(NCCNCCCOC)nc2cnc(-c3ccc(OC)nc3)cc21. The van der Waals surface area contributed by atoms with Gasteiger partial charge in [-0.15, -0.1) is 0 Å². The number of hydrogen-bond acceptors (Lipinski definition) is 9. The monoisotopic (exact) mass is 470 g/mol. The van der Waals surface area contributed by atoms with Crippen LogP contribution in [0.1, 0.15) is 19.8 Å². The summed E-state index contributed by atoms with van der Waals surface area (Å²) in [5.74, 6) is 0.836. The first-order valence-electron chi connectivity index (χ1n) is 11.6. The molecule has 0 saturated carbocycles. The van der Waals surface area contributed by atoms with Crippen LogP contribution in [0.25, 0.3) is 22.3 Å². The Balaban J connectivity index is 1.84. The van der Waals surface area contributed by atoms with Gasteiger partial charge in [0.25, 0.3) is 5.56 Å². The Morgan fingerprint density at radius 1 is 1.03 bits per heavy atom.